The minimum absolute atomic E-state index is 0.134. The molecule has 0 radical (unpaired) electrons. The number of fused-ring (bicyclic) bond motifs is 1. The molecule has 3 aromatic rings. The van der Waals surface area contributed by atoms with E-state index in [1.807, 2.05) is 48.8 Å². The number of anilines is 1. The monoisotopic (exact) mass is 336 g/mol. The molecule has 0 unspecified atom stereocenters. The molecule has 4 nitrogen and oxygen atoms in total. The van der Waals surface area contributed by atoms with Crippen molar-refractivity contribution in [3.63, 3.8) is 0 Å². The lowest BCUT2D eigenvalue weighted by molar-refractivity contribution is -0.117. The largest absolute Gasteiger partial charge is 0.496 e. The molecule has 5 heteroatoms. The summed E-state index contributed by atoms with van der Waals surface area (Å²) in [5.41, 5.74) is 5.00. The van der Waals surface area contributed by atoms with E-state index >= 15 is 0 Å². The average molecular weight is 336 g/mol. The maximum Gasteiger partial charge on any atom is 0.231 e. The van der Waals surface area contributed by atoms with Gasteiger partial charge in [-0.3, -0.25) is 4.79 Å². The predicted octanol–water partition coefficient (Wildman–Crippen LogP) is 4.00. The van der Waals surface area contributed by atoms with Crippen LogP contribution in [0.25, 0.3) is 21.8 Å². The van der Waals surface area contributed by atoms with Crippen LogP contribution in [0.3, 0.4) is 0 Å². The first-order valence-corrected chi connectivity index (χ1v) is 8.54. The van der Waals surface area contributed by atoms with Crippen LogP contribution in [0.5, 0.6) is 5.75 Å². The van der Waals surface area contributed by atoms with Crippen molar-refractivity contribution in [3.05, 3.63) is 53.4 Å². The van der Waals surface area contributed by atoms with Gasteiger partial charge in [0.25, 0.3) is 0 Å². The Morgan fingerprint density at radius 1 is 1.21 bits per heavy atom. The topological polar surface area (TPSA) is 42.4 Å². The number of likely N-dealkylation sites (N-methyl/N-ethyl adjacent to an activating group) is 1. The number of carbonyl (C=O) groups is 1. The van der Waals surface area contributed by atoms with Gasteiger partial charge in [0.05, 0.1) is 24.8 Å². The maximum absolute atomic E-state index is 11.8. The van der Waals surface area contributed by atoms with E-state index < -0.39 is 0 Å². The van der Waals surface area contributed by atoms with Crippen LogP contribution in [-0.4, -0.2) is 25.0 Å². The van der Waals surface area contributed by atoms with Gasteiger partial charge in [-0.2, -0.15) is 0 Å². The van der Waals surface area contributed by atoms with Crippen molar-refractivity contribution in [2.75, 3.05) is 19.1 Å². The van der Waals surface area contributed by atoms with Crippen molar-refractivity contribution < 1.29 is 9.53 Å². The Morgan fingerprint density at radius 2 is 2.04 bits per heavy atom. The maximum atomic E-state index is 11.8. The summed E-state index contributed by atoms with van der Waals surface area (Å²) in [6.45, 7) is 0. The van der Waals surface area contributed by atoms with Gasteiger partial charge in [0, 0.05) is 23.7 Å². The molecular formula is C19H16N2O2S. The van der Waals surface area contributed by atoms with Gasteiger partial charge in [-0.1, -0.05) is 18.2 Å². The first-order chi connectivity index (χ1) is 11.7. The van der Waals surface area contributed by atoms with Crippen LogP contribution in [0, 0.1) is 0 Å². The zero-order valence-corrected chi connectivity index (χ0v) is 14.3. The van der Waals surface area contributed by atoms with Crippen molar-refractivity contribution in [3.8, 4) is 27.6 Å². The molecule has 2 aromatic carbocycles. The number of rotatable bonds is 3. The molecule has 0 bridgehead atoms. The third-order valence-electron chi connectivity index (χ3n) is 4.29. The lowest BCUT2D eigenvalue weighted by atomic mass is 10.1. The highest BCUT2D eigenvalue weighted by Crippen LogP contribution is 2.36. The third kappa shape index (κ3) is 2.37. The highest BCUT2D eigenvalue weighted by atomic mass is 32.1. The number of hydrogen-bond donors (Lipinski definition) is 0. The summed E-state index contributed by atoms with van der Waals surface area (Å²) in [5.74, 6) is 0.953. The SMILES string of the molecule is COc1ccccc1-c1nc(-c2ccc3c(c2)CC(=O)N3C)cs1. The first-order valence-electron chi connectivity index (χ1n) is 7.66. The lowest BCUT2D eigenvalue weighted by Crippen LogP contribution is -2.20. The summed E-state index contributed by atoms with van der Waals surface area (Å²) in [5, 5.41) is 2.97. The van der Waals surface area contributed by atoms with Gasteiger partial charge >= 0.3 is 0 Å². The van der Waals surface area contributed by atoms with E-state index in [2.05, 4.69) is 6.07 Å². The van der Waals surface area contributed by atoms with Crippen LogP contribution in [0.2, 0.25) is 0 Å². The molecule has 4 rings (SSSR count). The Morgan fingerprint density at radius 3 is 2.88 bits per heavy atom. The predicted molar refractivity (Wildman–Crippen MR) is 96.7 cm³/mol. The second-order valence-electron chi connectivity index (χ2n) is 5.71. The van der Waals surface area contributed by atoms with Crippen molar-refractivity contribution in [1.82, 2.24) is 4.98 Å². The number of benzene rings is 2. The van der Waals surface area contributed by atoms with Gasteiger partial charge in [-0.25, -0.2) is 4.98 Å². The van der Waals surface area contributed by atoms with Crippen LogP contribution < -0.4 is 9.64 Å². The Balaban J connectivity index is 1.71. The molecule has 0 fully saturated rings. The molecule has 24 heavy (non-hydrogen) atoms. The Bertz CT molecular complexity index is 933. The van der Waals surface area contributed by atoms with E-state index in [4.69, 9.17) is 9.72 Å². The summed E-state index contributed by atoms with van der Waals surface area (Å²) >= 11 is 1.59. The number of nitrogens with zero attached hydrogens (tertiary/aromatic N) is 2. The molecule has 0 spiro atoms. The van der Waals surface area contributed by atoms with Crippen LogP contribution >= 0.6 is 11.3 Å². The minimum Gasteiger partial charge on any atom is -0.496 e. The van der Waals surface area contributed by atoms with Crippen LogP contribution in [0.15, 0.2) is 47.8 Å². The highest BCUT2D eigenvalue weighted by Gasteiger charge is 2.24. The summed E-state index contributed by atoms with van der Waals surface area (Å²) in [4.78, 5) is 18.3. The molecule has 0 saturated carbocycles. The number of carbonyl (C=O) groups excluding carboxylic acids is 1. The fraction of sp³-hybridized carbons (Fsp3) is 0.158. The standard InChI is InChI=1S/C19H16N2O2S/c1-21-16-8-7-12(9-13(16)10-18(21)22)15-11-24-19(20-15)14-5-3-4-6-17(14)23-2/h3-9,11H,10H2,1-2H3. The molecule has 1 aliphatic heterocycles. The van der Waals surface area contributed by atoms with Gasteiger partial charge in [0.15, 0.2) is 0 Å². The third-order valence-corrected chi connectivity index (χ3v) is 5.17. The molecule has 120 valence electrons. The van der Waals surface area contributed by atoms with E-state index in [1.54, 1.807) is 23.3 Å². The Kier molecular flexibility index (Phi) is 3.58. The molecule has 0 saturated heterocycles. The van der Waals surface area contributed by atoms with E-state index in [0.717, 1.165) is 38.8 Å². The summed E-state index contributed by atoms with van der Waals surface area (Å²) in [6, 6.07) is 14.0. The number of thiazole rings is 1. The summed E-state index contributed by atoms with van der Waals surface area (Å²) in [6.07, 6.45) is 0.461. The van der Waals surface area contributed by atoms with Gasteiger partial charge in [0.1, 0.15) is 10.8 Å². The molecule has 2 heterocycles. The normalized spacial score (nSPS) is 13.2. The quantitative estimate of drug-likeness (QED) is 0.726. The first kappa shape index (κ1) is 14.9. The average Bonchev–Trinajstić information content (AvgIpc) is 3.20. The summed E-state index contributed by atoms with van der Waals surface area (Å²) in [7, 11) is 3.48. The smallest absolute Gasteiger partial charge is 0.231 e. The van der Waals surface area contributed by atoms with Gasteiger partial charge < -0.3 is 9.64 Å². The van der Waals surface area contributed by atoms with E-state index in [1.165, 1.54) is 0 Å². The summed E-state index contributed by atoms with van der Waals surface area (Å²) < 4.78 is 5.42. The highest BCUT2D eigenvalue weighted by molar-refractivity contribution is 7.13. The number of ether oxygens (including phenoxy) is 1. The lowest BCUT2D eigenvalue weighted by Gasteiger charge is -2.10. The zero-order chi connectivity index (χ0) is 16.7. The molecule has 0 aliphatic carbocycles. The fourth-order valence-electron chi connectivity index (χ4n) is 2.98. The van der Waals surface area contributed by atoms with Gasteiger partial charge in [-0.05, 0) is 29.8 Å². The second kappa shape index (κ2) is 5.76. The van der Waals surface area contributed by atoms with Crippen LogP contribution in [0.1, 0.15) is 5.56 Å². The number of aromatic nitrogens is 1. The van der Waals surface area contributed by atoms with Crippen molar-refractivity contribution >= 4 is 22.9 Å². The number of hydrogen-bond acceptors (Lipinski definition) is 4. The molecule has 0 atom stereocenters. The van der Waals surface area contributed by atoms with Gasteiger partial charge in [-0.15, -0.1) is 11.3 Å². The number of methoxy groups -OCH3 is 1. The van der Waals surface area contributed by atoms with Crippen molar-refractivity contribution in [2.45, 2.75) is 6.42 Å². The number of amides is 1. The molecular weight excluding hydrogens is 320 g/mol. The number of para-hydroxylation sites is 1. The van der Waals surface area contributed by atoms with Gasteiger partial charge in [0.2, 0.25) is 5.91 Å². The van der Waals surface area contributed by atoms with Crippen LogP contribution in [-0.2, 0) is 11.2 Å². The van der Waals surface area contributed by atoms with E-state index in [-0.39, 0.29) is 5.91 Å². The molecule has 0 N–H and O–H groups in total. The fourth-order valence-corrected chi connectivity index (χ4v) is 3.84. The van der Waals surface area contributed by atoms with E-state index in [9.17, 15) is 4.79 Å². The molecule has 1 aliphatic rings. The minimum atomic E-state index is 0.134. The molecule has 1 amide bonds. The Hall–Kier alpha value is -2.66. The van der Waals surface area contributed by atoms with Crippen molar-refractivity contribution in [2.24, 2.45) is 0 Å². The van der Waals surface area contributed by atoms with E-state index in [0.29, 0.717) is 6.42 Å². The second-order valence-corrected chi connectivity index (χ2v) is 6.57. The molecule has 1 aromatic heterocycles. The van der Waals surface area contributed by atoms with Crippen LogP contribution in [0.4, 0.5) is 5.69 Å². The zero-order valence-electron chi connectivity index (χ0n) is 13.4. The van der Waals surface area contributed by atoms with Crippen molar-refractivity contribution in [1.29, 1.82) is 0 Å². The Labute approximate surface area is 144 Å².